The summed E-state index contributed by atoms with van der Waals surface area (Å²) < 4.78 is 47.7. The smallest absolute Gasteiger partial charge is 0.263 e. The van der Waals surface area contributed by atoms with Crippen molar-refractivity contribution in [3.8, 4) is 5.75 Å². The fourth-order valence-corrected chi connectivity index (χ4v) is 4.78. The molecular weight excluding hydrogens is 509 g/mol. The second kappa shape index (κ2) is 11.3. The lowest BCUT2D eigenvalue weighted by atomic mass is 10.1. The van der Waals surface area contributed by atoms with Crippen molar-refractivity contribution in [1.82, 2.24) is 19.8 Å². The summed E-state index contributed by atoms with van der Waals surface area (Å²) in [6.45, 7) is 2.59. The van der Waals surface area contributed by atoms with Gasteiger partial charge in [0.25, 0.3) is 11.5 Å². The van der Waals surface area contributed by atoms with E-state index in [-0.39, 0.29) is 24.2 Å². The van der Waals surface area contributed by atoms with Gasteiger partial charge in [-0.05, 0) is 73.6 Å². The predicted molar refractivity (Wildman–Crippen MR) is 140 cm³/mol. The third-order valence-corrected chi connectivity index (χ3v) is 6.84. The minimum atomic E-state index is -1.58. The Bertz CT molecular complexity index is 1570. The van der Waals surface area contributed by atoms with Crippen molar-refractivity contribution < 1.29 is 22.7 Å². The van der Waals surface area contributed by atoms with Gasteiger partial charge in [0.05, 0.1) is 18.7 Å². The predicted octanol–water partition coefficient (Wildman–Crippen LogP) is 4.12. The first kappa shape index (κ1) is 26.4. The van der Waals surface area contributed by atoms with Crippen molar-refractivity contribution in [1.29, 1.82) is 0 Å². The molecule has 2 aromatic carbocycles. The number of benzene rings is 2. The first-order valence-electron chi connectivity index (χ1n) is 12.6. The zero-order chi connectivity index (χ0) is 27.5. The molecular formula is C29H27F3N4O3. The van der Waals surface area contributed by atoms with Crippen molar-refractivity contribution in [2.75, 3.05) is 26.7 Å². The molecule has 10 heteroatoms. The number of nitrogens with one attached hydrogen (secondary N) is 1. The average Bonchev–Trinajstić information content (AvgIpc) is 3.35. The van der Waals surface area contributed by atoms with Gasteiger partial charge in [0, 0.05) is 36.8 Å². The van der Waals surface area contributed by atoms with Crippen molar-refractivity contribution in [3.05, 3.63) is 105 Å². The van der Waals surface area contributed by atoms with Crippen LogP contribution in [-0.2, 0) is 13.1 Å². The van der Waals surface area contributed by atoms with E-state index in [4.69, 9.17) is 4.74 Å². The largest absolute Gasteiger partial charge is 0.492 e. The van der Waals surface area contributed by atoms with E-state index in [1.165, 1.54) is 18.3 Å². The highest BCUT2D eigenvalue weighted by atomic mass is 19.2. The molecule has 5 rings (SSSR count). The Morgan fingerprint density at radius 1 is 1.10 bits per heavy atom. The molecule has 0 bridgehead atoms. The molecule has 0 spiro atoms. The van der Waals surface area contributed by atoms with Crippen LogP contribution in [0.3, 0.4) is 0 Å². The number of likely N-dealkylation sites (tertiary alicyclic amines) is 1. The minimum Gasteiger partial charge on any atom is -0.492 e. The molecule has 39 heavy (non-hydrogen) atoms. The molecule has 1 fully saturated rings. The number of hydrogen-bond donors (Lipinski definition) is 1. The van der Waals surface area contributed by atoms with Gasteiger partial charge in [0.15, 0.2) is 17.5 Å². The van der Waals surface area contributed by atoms with Crippen LogP contribution in [0.4, 0.5) is 13.2 Å². The number of hydrogen-bond acceptors (Lipinski definition) is 5. The molecule has 1 atom stereocenters. The van der Waals surface area contributed by atoms with Crippen molar-refractivity contribution >= 4 is 16.8 Å². The number of fused-ring (bicyclic) bond motifs is 1. The first-order valence-corrected chi connectivity index (χ1v) is 12.6. The molecule has 4 aromatic rings. The average molecular weight is 537 g/mol. The van der Waals surface area contributed by atoms with Crippen molar-refractivity contribution in [3.63, 3.8) is 0 Å². The molecule has 202 valence electrons. The molecule has 2 aromatic heterocycles. The maximum Gasteiger partial charge on any atom is 0.263 e. The van der Waals surface area contributed by atoms with Gasteiger partial charge in [-0.3, -0.25) is 14.6 Å². The number of amides is 1. The van der Waals surface area contributed by atoms with Crippen molar-refractivity contribution in [2.45, 2.75) is 19.5 Å². The molecule has 1 aliphatic rings. The summed E-state index contributed by atoms with van der Waals surface area (Å²) in [4.78, 5) is 32.4. The first-order chi connectivity index (χ1) is 18.8. The third-order valence-electron chi connectivity index (χ3n) is 6.84. The summed E-state index contributed by atoms with van der Waals surface area (Å²) in [5.74, 6) is -3.68. The molecule has 1 N–H and O–H groups in total. The molecule has 7 nitrogen and oxygen atoms in total. The normalized spacial score (nSPS) is 15.5. The lowest BCUT2D eigenvalue weighted by molar-refractivity contribution is 0.0948. The fraction of sp³-hybridized carbons (Fsp3) is 0.276. The Kier molecular flexibility index (Phi) is 7.65. The summed E-state index contributed by atoms with van der Waals surface area (Å²) >= 11 is 0. The van der Waals surface area contributed by atoms with Crippen LogP contribution in [0.25, 0.3) is 10.9 Å². The van der Waals surface area contributed by atoms with Gasteiger partial charge < -0.3 is 19.5 Å². The van der Waals surface area contributed by atoms with Crippen LogP contribution in [0.5, 0.6) is 5.75 Å². The number of carbonyl (C=O) groups excluding carboxylic acids is 1. The quantitative estimate of drug-likeness (QED) is 0.343. The van der Waals surface area contributed by atoms with Crippen LogP contribution < -0.4 is 15.6 Å². The van der Waals surface area contributed by atoms with Gasteiger partial charge in [0.1, 0.15) is 11.3 Å². The zero-order valence-electron chi connectivity index (χ0n) is 21.3. The Morgan fingerprint density at radius 2 is 1.90 bits per heavy atom. The number of carbonyl (C=O) groups is 1. The number of ether oxygens (including phenoxy) is 1. The number of nitrogens with zero attached hydrogens (tertiary/aromatic N) is 3. The van der Waals surface area contributed by atoms with Crippen LogP contribution in [0, 0.1) is 23.4 Å². The summed E-state index contributed by atoms with van der Waals surface area (Å²) in [5, 5.41) is 3.58. The van der Waals surface area contributed by atoms with E-state index in [2.05, 4.69) is 22.2 Å². The van der Waals surface area contributed by atoms with Crippen LogP contribution in [0.15, 0.2) is 65.7 Å². The Balaban J connectivity index is 1.28. The number of rotatable bonds is 8. The summed E-state index contributed by atoms with van der Waals surface area (Å²) in [5.41, 5.74) is 0.840. The molecule has 1 saturated heterocycles. The van der Waals surface area contributed by atoms with Gasteiger partial charge >= 0.3 is 0 Å². The number of halogens is 3. The molecule has 3 heterocycles. The van der Waals surface area contributed by atoms with Crippen molar-refractivity contribution in [2.24, 2.45) is 5.92 Å². The molecule has 1 amide bonds. The van der Waals surface area contributed by atoms with Crippen LogP contribution in [-0.4, -0.2) is 47.1 Å². The SMILES string of the molecule is CN1CC[C@H](COc2ccnc3ccc(CNC(=O)c4cccn(Cc5cc(F)c(F)c(F)c5)c4=O)cc23)C1. The maximum absolute atomic E-state index is 13.6. The monoisotopic (exact) mass is 536 g/mol. The maximum atomic E-state index is 13.6. The molecule has 0 aliphatic carbocycles. The third kappa shape index (κ3) is 5.96. The second-order valence-electron chi connectivity index (χ2n) is 9.80. The fourth-order valence-electron chi connectivity index (χ4n) is 4.78. The van der Waals surface area contributed by atoms with Gasteiger partial charge in [-0.15, -0.1) is 0 Å². The lowest BCUT2D eigenvalue weighted by Crippen LogP contribution is -2.32. The summed E-state index contributed by atoms with van der Waals surface area (Å²) in [6.07, 6.45) is 4.18. The second-order valence-corrected chi connectivity index (χ2v) is 9.80. The lowest BCUT2D eigenvalue weighted by Gasteiger charge is -2.14. The minimum absolute atomic E-state index is 0.0498. The van der Waals surface area contributed by atoms with Gasteiger partial charge in [-0.2, -0.15) is 0 Å². The van der Waals surface area contributed by atoms with Crippen LogP contribution >= 0.6 is 0 Å². The summed E-state index contributed by atoms with van der Waals surface area (Å²) in [7, 11) is 2.10. The molecule has 0 unspecified atom stereocenters. The Hall–Kier alpha value is -4.18. The highest BCUT2D eigenvalue weighted by Crippen LogP contribution is 2.26. The Labute approximate surface area is 222 Å². The van der Waals surface area contributed by atoms with Gasteiger partial charge in [0.2, 0.25) is 0 Å². The van der Waals surface area contributed by atoms with E-state index >= 15 is 0 Å². The van der Waals surface area contributed by atoms with E-state index in [9.17, 15) is 22.8 Å². The highest BCUT2D eigenvalue weighted by Gasteiger charge is 2.20. The van der Waals surface area contributed by atoms with E-state index in [0.717, 1.165) is 58.4 Å². The van der Waals surface area contributed by atoms with E-state index < -0.39 is 28.9 Å². The van der Waals surface area contributed by atoms with Gasteiger partial charge in [-0.25, -0.2) is 13.2 Å². The van der Waals surface area contributed by atoms with E-state index in [1.54, 1.807) is 6.20 Å². The number of aromatic nitrogens is 2. The Morgan fingerprint density at radius 3 is 2.64 bits per heavy atom. The standard InChI is InChI=1S/C29H27F3N4O3/c1-35-10-7-19(15-35)17-39-26-6-8-33-25-5-4-18(11-22(25)26)14-34-28(37)21-3-2-9-36(29(21)38)16-20-12-23(30)27(32)24(31)13-20/h2-6,8-9,11-13,19H,7,10,14-17H2,1H3,(H,34,37)/t19-/m0/s1. The van der Waals surface area contributed by atoms with Crippen LogP contribution in [0.2, 0.25) is 0 Å². The van der Waals surface area contributed by atoms with Crippen LogP contribution in [0.1, 0.15) is 27.9 Å². The molecule has 0 radical (unpaired) electrons. The highest BCUT2D eigenvalue weighted by molar-refractivity contribution is 5.93. The van der Waals surface area contributed by atoms with E-state index in [0.29, 0.717) is 12.5 Å². The number of pyridine rings is 2. The molecule has 1 aliphatic heterocycles. The zero-order valence-corrected chi connectivity index (χ0v) is 21.3. The van der Waals surface area contributed by atoms with E-state index in [1.807, 2.05) is 24.3 Å². The topological polar surface area (TPSA) is 76.5 Å². The molecule has 0 saturated carbocycles. The summed E-state index contributed by atoms with van der Waals surface area (Å²) in [6, 6.07) is 11.9. The van der Waals surface area contributed by atoms with Gasteiger partial charge in [-0.1, -0.05) is 6.07 Å².